The topological polar surface area (TPSA) is 29.5 Å². The van der Waals surface area contributed by atoms with E-state index in [2.05, 4.69) is 6.58 Å². The molecule has 0 unspecified atom stereocenters. The Hall–Kier alpha value is -2.40. The van der Waals surface area contributed by atoms with E-state index in [0.717, 1.165) is 6.07 Å². The van der Waals surface area contributed by atoms with E-state index < -0.39 is 5.82 Å². The van der Waals surface area contributed by atoms with Gasteiger partial charge >= 0.3 is 0 Å². The van der Waals surface area contributed by atoms with Gasteiger partial charge < -0.3 is 9.64 Å². The molecule has 0 radical (unpaired) electrons. The number of hydrogen-bond donors (Lipinski definition) is 0. The maximum absolute atomic E-state index is 13.7. The third-order valence-corrected chi connectivity index (χ3v) is 3.56. The molecule has 0 heterocycles. The van der Waals surface area contributed by atoms with E-state index in [-0.39, 0.29) is 42.2 Å². The van der Waals surface area contributed by atoms with Crippen LogP contribution >= 0.6 is 11.6 Å². The summed E-state index contributed by atoms with van der Waals surface area (Å²) in [4.78, 5) is 13.7. The first kappa shape index (κ1) is 17.9. The van der Waals surface area contributed by atoms with Gasteiger partial charge in [0.25, 0.3) is 5.91 Å². The highest BCUT2D eigenvalue weighted by Gasteiger charge is 2.15. The molecule has 126 valence electrons. The summed E-state index contributed by atoms with van der Waals surface area (Å²) in [6.07, 6.45) is 1.55. The minimum atomic E-state index is -0.567. The van der Waals surface area contributed by atoms with Crippen molar-refractivity contribution in [1.29, 1.82) is 0 Å². The lowest BCUT2D eigenvalue weighted by Crippen LogP contribution is -2.34. The molecule has 0 saturated heterocycles. The van der Waals surface area contributed by atoms with Gasteiger partial charge in [0.2, 0.25) is 0 Å². The van der Waals surface area contributed by atoms with Crippen LogP contribution in [0, 0.1) is 11.6 Å². The van der Waals surface area contributed by atoms with Gasteiger partial charge in [-0.2, -0.15) is 0 Å². The number of amides is 1. The molecule has 0 spiro atoms. The third-order valence-electron chi connectivity index (χ3n) is 3.27. The second-order valence-corrected chi connectivity index (χ2v) is 5.43. The fourth-order valence-corrected chi connectivity index (χ4v) is 2.22. The molecule has 2 aromatic rings. The summed E-state index contributed by atoms with van der Waals surface area (Å²) >= 11 is 5.66. The van der Waals surface area contributed by atoms with Crippen LogP contribution in [0.4, 0.5) is 8.78 Å². The molecule has 0 aromatic heterocycles. The van der Waals surface area contributed by atoms with Gasteiger partial charge in [-0.3, -0.25) is 4.79 Å². The highest BCUT2D eigenvalue weighted by molar-refractivity contribution is 6.30. The Kier molecular flexibility index (Phi) is 6.32. The quantitative estimate of drug-likeness (QED) is 0.699. The molecule has 0 bridgehead atoms. The van der Waals surface area contributed by atoms with Crippen molar-refractivity contribution in [3.63, 3.8) is 0 Å². The zero-order chi connectivity index (χ0) is 17.5. The Bertz CT molecular complexity index is 737. The molecule has 0 saturated carbocycles. The smallest absolute Gasteiger partial charge is 0.261 e. The van der Waals surface area contributed by atoms with E-state index in [1.54, 1.807) is 24.3 Å². The molecule has 2 rings (SSSR count). The van der Waals surface area contributed by atoms with Gasteiger partial charge in [-0.25, -0.2) is 8.78 Å². The second kappa shape index (κ2) is 8.45. The predicted molar refractivity (Wildman–Crippen MR) is 88.9 cm³/mol. The normalized spacial score (nSPS) is 10.3. The van der Waals surface area contributed by atoms with Gasteiger partial charge in [0, 0.05) is 24.7 Å². The number of hydrogen-bond acceptors (Lipinski definition) is 2. The first-order valence-electron chi connectivity index (χ1n) is 7.21. The average Bonchev–Trinajstić information content (AvgIpc) is 2.57. The summed E-state index contributed by atoms with van der Waals surface area (Å²) in [6, 6.07) is 10.1. The molecule has 0 fully saturated rings. The number of rotatable bonds is 7. The van der Waals surface area contributed by atoms with Crippen LogP contribution < -0.4 is 4.74 Å². The van der Waals surface area contributed by atoms with E-state index in [4.69, 9.17) is 16.3 Å². The maximum atomic E-state index is 13.7. The maximum Gasteiger partial charge on any atom is 0.261 e. The molecule has 0 atom stereocenters. The van der Waals surface area contributed by atoms with Gasteiger partial charge in [0.1, 0.15) is 17.4 Å². The Morgan fingerprint density at radius 3 is 2.62 bits per heavy atom. The molecule has 0 aliphatic heterocycles. The lowest BCUT2D eigenvalue weighted by Gasteiger charge is -2.21. The van der Waals surface area contributed by atoms with Gasteiger partial charge in [-0.15, -0.1) is 6.58 Å². The third kappa shape index (κ3) is 4.80. The van der Waals surface area contributed by atoms with Crippen LogP contribution in [0.3, 0.4) is 0 Å². The fraction of sp³-hybridized carbons (Fsp3) is 0.167. The molecule has 3 nitrogen and oxygen atoms in total. The van der Waals surface area contributed by atoms with Crippen molar-refractivity contribution in [1.82, 2.24) is 4.90 Å². The van der Waals surface area contributed by atoms with Crippen molar-refractivity contribution in [2.45, 2.75) is 6.54 Å². The number of ether oxygens (including phenoxy) is 1. The molecular formula is C18H16ClF2NO2. The van der Waals surface area contributed by atoms with Crippen LogP contribution in [-0.2, 0) is 11.3 Å². The van der Waals surface area contributed by atoms with Crippen molar-refractivity contribution in [2.24, 2.45) is 0 Å². The first-order valence-corrected chi connectivity index (χ1v) is 7.59. The summed E-state index contributed by atoms with van der Waals surface area (Å²) in [5.41, 5.74) is 0.400. The average molecular weight is 352 g/mol. The molecule has 2 aromatic carbocycles. The van der Waals surface area contributed by atoms with Crippen LogP contribution in [-0.4, -0.2) is 24.0 Å². The standard InChI is InChI=1S/C18H16ClF2NO2/c1-2-9-22(11-13-5-3-4-6-16(13)20)18(23)12-24-14-7-8-17(21)15(19)10-14/h2-8,10H,1,9,11-12H2. The second-order valence-electron chi connectivity index (χ2n) is 5.02. The summed E-state index contributed by atoms with van der Waals surface area (Å²) in [6.45, 7) is 3.68. The minimum Gasteiger partial charge on any atom is -0.484 e. The number of carbonyl (C=O) groups excluding carboxylic acids is 1. The minimum absolute atomic E-state index is 0.0887. The Labute approximate surface area is 144 Å². The van der Waals surface area contributed by atoms with Crippen LogP contribution in [0.2, 0.25) is 5.02 Å². The Morgan fingerprint density at radius 2 is 1.96 bits per heavy atom. The van der Waals surface area contributed by atoms with Crippen LogP contribution in [0.5, 0.6) is 5.75 Å². The monoisotopic (exact) mass is 351 g/mol. The molecule has 6 heteroatoms. The highest BCUT2D eigenvalue weighted by Crippen LogP contribution is 2.21. The van der Waals surface area contributed by atoms with E-state index in [1.165, 1.54) is 23.1 Å². The molecule has 24 heavy (non-hydrogen) atoms. The number of carbonyl (C=O) groups is 1. The number of nitrogens with zero attached hydrogens (tertiary/aromatic N) is 1. The summed E-state index contributed by atoms with van der Waals surface area (Å²) < 4.78 is 32.2. The lowest BCUT2D eigenvalue weighted by molar-refractivity contribution is -0.133. The van der Waals surface area contributed by atoms with Gasteiger partial charge in [-0.1, -0.05) is 35.9 Å². The fourth-order valence-electron chi connectivity index (χ4n) is 2.05. The van der Waals surface area contributed by atoms with Gasteiger partial charge in [0.05, 0.1) is 5.02 Å². The number of halogens is 3. The molecular weight excluding hydrogens is 336 g/mol. The largest absolute Gasteiger partial charge is 0.484 e. The SMILES string of the molecule is C=CCN(Cc1ccccc1F)C(=O)COc1ccc(F)c(Cl)c1. The Balaban J connectivity index is 2.02. The molecule has 0 aliphatic rings. The van der Waals surface area contributed by atoms with Gasteiger partial charge in [-0.05, 0) is 18.2 Å². The predicted octanol–water partition coefficient (Wildman–Crippen LogP) is 4.21. The molecule has 1 amide bonds. The van der Waals surface area contributed by atoms with Crippen molar-refractivity contribution < 1.29 is 18.3 Å². The van der Waals surface area contributed by atoms with Crippen LogP contribution in [0.15, 0.2) is 55.1 Å². The van der Waals surface area contributed by atoms with Crippen LogP contribution in [0.25, 0.3) is 0 Å². The zero-order valence-electron chi connectivity index (χ0n) is 12.8. The summed E-state index contributed by atoms with van der Waals surface area (Å²) in [5, 5.41) is -0.0887. The van der Waals surface area contributed by atoms with Crippen molar-refractivity contribution in [3.05, 3.63) is 77.3 Å². The van der Waals surface area contributed by atoms with E-state index >= 15 is 0 Å². The van der Waals surface area contributed by atoms with E-state index in [9.17, 15) is 13.6 Å². The first-order chi connectivity index (χ1) is 11.5. The summed E-state index contributed by atoms with van der Waals surface area (Å²) in [7, 11) is 0. The molecule has 0 aliphatic carbocycles. The lowest BCUT2D eigenvalue weighted by atomic mass is 10.2. The van der Waals surface area contributed by atoms with E-state index in [0.29, 0.717) is 5.56 Å². The van der Waals surface area contributed by atoms with Crippen LogP contribution in [0.1, 0.15) is 5.56 Å². The Morgan fingerprint density at radius 1 is 1.21 bits per heavy atom. The van der Waals surface area contributed by atoms with Crippen molar-refractivity contribution in [3.8, 4) is 5.75 Å². The van der Waals surface area contributed by atoms with E-state index in [1.807, 2.05) is 0 Å². The zero-order valence-corrected chi connectivity index (χ0v) is 13.6. The van der Waals surface area contributed by atoms with Gasteiger partial charge in [0.15, 0.2) is 6.61 Å². The number of benzene rings is 2. The summed E-state index contributed by atoms with van der Waals surface area (Å²) in [5.74, 6) is -1.02. The van der Waals surface area contributed by atoms with Crippen molar-refractivity contribution >= 4 is 17.5 Å². The van der Waals surface area contributed by atoms with Crippen molar-refractivity contribution in [2.75, 3.05) is 13.2 Å². The molecule has 0 N–H and O–H groups in total. The highest BCUT2D eigenvalue weighted by atomic mass is 35.5.